The van der Waals surface area contributed by atoms with Gasteiger partial charge in [-0.1, -0.05) is 13.8 Å². The zero-order chi connectivity index (χ0) is 25.3. The van der Waals surface area contributed by atoms with Crippen molar-refractivity contribution in [2.24, 2.45) is 5.92 Å². The zero-order valence-electron chi connectivity index (χ0n) is 24.1. The smallest absolute Gasteiger partial charge is 0.0594 e. The van der Waals surface area contributed by atoms with E-state index in [0.717, 1.165) is 51.4 Å². The van der Waals surface area contributed by atoms with Crippen molar-refractivity contribution in [1.29, 1.82) is 0 Å². The molecule has 7 nitrogen and oxygen atoms in total. The van der Waals surface area contributed by atoms with E-state index in [4.69, 9.17) is 4.74 Å². The molecule has 0 aromatic carbocycles. The van der Waals surface area contributed by atoms with Crippen LogP contribution in [0.4, 0.5) is 0 Å². The van der Waals surface area contributed by atoms with E-state index in [9.17, 15) is 0 Å². The highest BCUT2D eigenvalue weighted by molar-refractivity contribution is 4.89. The Morgan fingerprint density at radius 2 is 1.06 bits per heavy atom. The van der Waals surface area contributed by atoms with Gasteiger partial charge in [0, 0.05) is 51.9 Å². The van der Waals surface area contributed by atoms with Gasteiger partial charge >= 0.3 is 0 Å². The van der Waals surface area contributed by atoms with E-state index in [2.05, 4.69) is 65.1 Å². The van der Waals surface area contributed by atoms with Gasteiger partial charge in [0.1, 0.15) is 0 Å². The summed E-state index contributed by atoms with van der Waals surface area (Å²) in [5.74, 6) is 1.07. The Morgan fingerprint density at radius 3 is 1.28 bits per heavy atom. The van der Waals surface area contributed by atoms with Crippen molar-refractivity contribution in [3.05, 3.63) is 0 Å². The van der Waals surface area contributed by atoms with Gasteiger partial charge in [0.25, 0.3) is 0 Å². The van der Waals surface area contributed by atoms with Gasteiger partial charge in [-0.25, -0.2) is 0 Å². The predicted octanol–water partition coefficient (Wildman–Crippen LogP) is 3.02. The van der Waals surface area contributed by atoms with Crippen LogP contribution in [0.3, 0.4) is 0 Å². The largest absolute Gasteiger partial charge is 0.379 e. The fraction of sp³-hybridized carbons (Fsp3) is 1.00. The Balaban J connectivity index is 0.000000224. The summed E-state index contributed by atoms with van der Waals surface area (Å²) in [5, 5.41) is 3.27. The average Bonchev–Trinajstić information content (AvgIpc) is 3.61. The summed E-state index contributed by atoms with van der Waals surface area (Å²) in [7, 11) is 10.9. The zero-order valence-corrected chi connectivity index (χ0v) is 24.1. The molecule has 216 valence electrons. The van der Waals surface area contributed by atoms with Crippen molar-refractivity contribution in [2.45, 2.75) is 64.8 Å². The second-order valence-electron chi connectivity index (χ2n) is 11.6. The van der Waals surface area contributed by atoms with Crippen LogP contribution in [0.5, 0.6) is 0 Å². The SMILES string of the molecule is C.CN1CC2CCC1C2.CN1CCCC1.CN1CCCCC1.CN1CCNCC1.CN1CCOCC1. The molecule has 7 heteroatoms. The quantitative estimate of drug-likeness (QED) is 0.535. The van der Waals surface area contributed by atoms with Crippen molar-refractivity contribution in [3.63, 3.8) is 0 Å². The molecule has 6 aliphatic rings. The summed E-state index contributed by atoms with van der Waals surface area (Å²) in [5.41, 5.74) is 0. The molecule has 1 N–H and O–H groups in total. The van der Waals surface area contributed by atoms with E-state index in [0.29, 0.717) is 0 Å². The van der Waals surface area contributed by atoms with Crippen LogP contribution in [-0.4, -0.2) is 151 Å². The lowest BCUT2D eigenvalue weighted by Crippen LogP contribution is -2.40. The fourth-order valence-corrected chi connectivity index (χ4v) is 5.53. The van der Waals surface area contributed by atoms with E-state index >= 15 is 0 Å². The molecule has 5 aliphatic heterocycles. The third kappa shape index (κ3) is 15.9. The highest BCUT2D eigenvalue weighted by Gasteiger charge is 2.35. The molecule has 0 aromatic heterocycles. The number of hydrogen-bond donors (Lipinski definition) is 1. The molecular weight excluding hydrogens is 448 g/mol. The minimum atomic E-state index is 0. The number of morpholine rings is 1. The summed E-state index contributed by atoms with van der Waals surface area (Å²) < 4.78 is 5.10. The van der Waals surface area contributed by atoms with Gasteiger partial charge in [-0.15, -0.1) is 0 Å². The Hall–Kier alpha value is -0.280. The summed E-state index contributed by atoms with van der Waals surface area (Å²) in [6.07, 6.45) is 11.6. The monoisotopic (exact) mass is 513 g/mol. The van der Waals surface area contributed by atoms with E-state index in [1.807, 2.05) is 0 Å². The van der Waals surface area contributed by atoms with Crippen LogP contribution in [0, 0.1) is 5.92 Å². The standard InChI is InChI=1S/C7H13N.C6H13N.C5H12N2.C5H11NO.C5H11N.CH4/c1-8-5-6-2-3-7(8)4-6;1-7-5-3-2-4-6-7;1-7-4-2-6-3-5-7;1-6-2-4-7-5-3-6;1-6-4-2-3-5-6;/h6-7H,2-5H2,1H3;2-6H2,1H3;6H,2-5H2,1H3;2-5H2,1H3;2-5H2,1H3;1H4. The van der Waals surface area contributed by atoms with E-state index in [-0.39, 0.29) is 7.43 Å². The molecule has 1 aliphatic carbocycles. The third-order valence-electron chi connectivity index (χ3n) is 8.17. The first kappa shape index (κ1) is 33.7. The molecule has 0 spiro atoms. The number of nitrogens with zero attached hydrogens (tertiary/aromatic N) is 5. The van der Waals surface area contributed by atoms with Gasteiger partial charge in [0.15, 0.2) is 0 Å². The van der Waals surface area contributed by atoms with Crippen LogP contribution >= 0.6 is 0 Å². The molecule has 36 heavy (non-hydrogen) atoms. The van der Waals surface area contributed by atoms with E-state index in [1.54, 1.807) is 0 Å². The summed E-state index contributed by atoms with van der Waals surface area (Å²) >= 11 is 0. The van der Waals surface area contributed by atoms with Crippen molar-refractivity contribution in [2.75, 3.05) is 120 Å². The third-order valence-corrected chi connectivity index (χ3v) is 8.17. The molecule has 5 heterocycles. The lowest BCUT2D eigenvalue weighted by molar-refractivity contribution is 0.0503. The lowest BCUT2D eigenvalue weighted by Gasteiger charge is -2.21. The minimum absolute atomic E-state index is 0. The molecule has 2 bridgehead atoms. The molecule has 0 radical (unpaired) electrons. The van der Waals surface area contributed by atoms with Crippen LogP contribution in [0.25, 0.3) is 0 Å². The van der Waals surface area contributed by atoms with Crippen LogP contribution in [-0.2, 0) is 4.74 Å². The van der Waals surface area contributed by atoms with Crippen molar-refractivity contribution < 1.29 is 4.74 Å². The van der Waals surface area contributed by atoms with E-state index < -0.39 is 0 Å². The second-order valence-corrected chi connectivity index (χ2v) is 11.6. The molecule has 5 saturated heterocycles. The average molecular weight is 513 g/mol. The second kappa shape index (κ2) is 20.7. The first-order valence-electron chi connectivity index (χ1n) is 14.7. The number of piperazine rings is 1. The Kier molecular flexibility index (Phi) is 19.4. The molecule has 6 rings (SSSR count). The number of nitrogens with one attached hydrogen (secondary N) is 1. The maximum absolute atomic E-state index is 5.10. The highest BCUT2D eigenvalue weighted by Crippen LogP contribution is 2.35. The van der Waals surface area contributed by atoms with Gasteiger partial charge in [-0.05, 0) is 112 Å². The number of ether oxygens (including phenoxy) is 1. The van der Waals surface area contributed by atoms with Crippen molar-refractivity contribution >= 4 is 0 Å². The van der Waals surface area contributed by atoms with Gasteiger partial charge in [0.05, 0.1) is 13.2 Å². The minimum Gasteiger partial charge on any atom is -0.379 e. The van der Waals surface area contributed by atoms with Crippen molar-refractivity contribution in [1.82, 2.24) is 29.8 Å². The number of piperidine rings is 2. The normalized spacial score (nSPS) is 29.2. The molecule has 2 unspecified atom stereocenters. The number of fused-ring (bicyclic) bond motifs is 2. The number of rotatable bonds is 0. The first-order chi connectivity index (χ1) is 16.9. The van der Waals surface area contributed by atoms with Gasteiger partial charge < -0.3 is 34.6 Å². The Bertz CT molecular complexity index is 446. The molecule has 1 saturated carbocycles. The molecular formula is C29H64N6O. The van der Waals surface area contributed by atoms with E-state index in [1.165, 1.54) is 97.2 Å². The lowest BCUT2D eigenvalue weighted by atomic mass is 10.1. The summed E-state index contributed by atoms with van der Waals surface area (Å²) in [6, 6.07) is 0.972. The number of likely N-dealkylation sites (N-methyl/N-ethyl adjacent to an activating group) is 2. The molecule has 2 atom stereocenters. The van der Waals surface area contributed by atoms with Crippen molar-refractivity contribution in [3.8, 4) is 0 Å². The Morgan fingerprint density at radius 1 is 0.583 bits per heavy atom. The predicted molar refractivity (Wildman–Crippen MR) is 157 cm³/mol. The van der Waals surface area contributed by atoms with Gasteiger partial charge in [-0.2, -0.15) is 0 Å². The maximum Gasteiger partial charge on any atom is 0.0594 e. The Labute approximate surface area is 225 Å². The van der Waals surface area contributed by atoms with Crippen LogP contribution in [0.15, 0.2) is 0 Å². The molecule has 0 amide bonds. The number of hydrogen-bond acceptors (Lipinski definition) is 7. The highest BCUT2D eigenvalue weighted by atomic mass is 16.5. The molecule has 6 fully saturated rings. The summed E-state index contributed by atoms with van der Waals surface area (Å²) in [4.78, 5) is 11.9. The maximum atomic E-state index is 5.10. The van der Waals surface area contributed by atoms with Crippen LogP contribution in [0.2, 0.25) is 0 Å². The topological polar surface area (TPSA) is 37.5 Å². The van der Waals surface area contributed by atoms with Gasteiger partial charge in [0.2, 0.25) is 0 Å². The fourth-order valence-electron chi connectivity index (χ4n) is 5.53. The van der Waals surface area contributed by atoms with Crippen LogP contribution in [0.1, 0.15) is 58.8 Å². The number of likely N-dealkylation sites (tertiary alicyclic amines) is 3. The van der Waals surface area contributed by atoms with Gasteiger partial charge in [-0.3, -0.25) is 0 Å². The molecule has 0 aromatic rings. The van der Waals surface area contributed by atoms with Crippen LogP contribution < -0.4 is 5.32 Å². The summed E-state index contributed by atoms with van der Waals surface area (Å²) in [6.45, 7) is 15.4. The first-order valence-corrected chi connectivity index (χ1v) is 14.7.